The van der Waals surface area contributed by atoms with Gasteiger partial charge in [-0.05, 0) is 62.5 Å². The van der Waals surface area contributed by atoms with Gasteiger partial charge in [-0.2, -0.15) is 0 Å². The third kappa shape index (κ3) is 4.21. The molecule has 0 aliphatic heterocycles. The molecule has 0 saturated heterocycles. The van der Waals surface area contributed by atoms with Crippen LogP contribution in [0.4, 0.5) is 0 Å². The van der Waals surface area contributed by atoms with E-state index in [2.05, 4.69) is 49.2 Å². The highest BCUT2D eigenvalue weighted by Gasteiger charge is 2.22. The minimum absolute atomic E-state index is 0.491. The van der Waals surface area contributed by atoms with Crippen molar-refractivity contribution >= 4 is 0 Å². The van der Waals surface area contributed by atoms with Crippen LogP contribution in [0.3, 0.4) is 0 Å². The normalized spacial score (nSPS) is 19.4. The molecule has 1 aromatic carbocycles. The lowest BCUT2D eigenvalue weighted by molar-refractivity contribution is 0.257. The zero-order valence-corrected chi connectivity index (χ0v) is 14.0. The van der Waals surface area contributed by atoms with E-state index in [-0.39, 0.29) is 0 Å². The molecule has 0 bridgehead atoms. The van der Waals surface area contributed by atoms with E-state index in [4.69, 9.17) is 4.74 Å². The van der Waals surface area contributed by atoms with Crippen LogP contribution in [0.2, 0.25) is 0 Å². The minimum Gasteiger partial charge on any atom is -0.497 e. The van der Waals surface area contributed by atoms with E-state index in [1.807, 2.05) is 0 Å². The smallest absolute Gasteiger partial charge is 0.119 e. The largest absolute Gasteiger partial charge is 0.497 e. The summed E-state index contributed by atoms with van der Waals surface area (Å²) in [4.78, 5) is 2.48. The standard InChI is InChI=1S/C18H30N2O/c1-5-20(6-2)13-14(3)19-18-9-7-8-15-12-16(21-4)10-11-17(15)18/h10-12,14,18-19H,5-9,13H2,1-4H3. The van der Waals surface area contributed by atoms with Gasteiger partial charge >= 0.3 is 0 Å². The molecular formula is C18H30N2O. The number of likely N-dealkylation sites (N-methyl/N-ethyl adjacent to an activating group) is 1. The fourth-order valence-electron chi connectivity index (χ4n) is 3.36. The molecule has 2 unspecified atom stereocenters. The monoisotopic (exact) mass is 290 g/mol. The van der Waals surface area contributed by atoms with Crippen molar-refractivity contribution in [1.29, 1.82) is 0 Å². The summed E-state index contributed by atoms with van der Waals surface area (Å²) >= 11 is 0. The topological polar surface area (TPSA) is 24.5 Å². The average molecular weight is 290 g/mol. The van der Waals surface area contributed by atoms with Crippen LogP contribution in [-0.2, 0) is 6.42 Å². The van der Waals surface area contributed by atoms with Crippen LogP contribution in [0, 0.1) is 0 Å². The lowest BCUT2D eigenvalue weighted by Crippen LogP contribution is -2.41. The minimum atomic E-state index is 0.491. The van der Waals surface area contributed by atoms with Crippen molar-refractivity contribution in [2.24, 2.45) is 0 Å². The van der Waals surface area contributed by atoms with Gasteiger partial charge in [-0.1, -0.05) is 19.9 Å². The van der Waals surface area contributed by atoms with Gasteiger partial charge in [0.25, 0.3) is 0 Å². The molecular weight excluding hydrogens is 260 g/mol. The third-order valence-corrected chi connectivity index (χ3v) is 4.58. The van der Waals surface area contributed by atoms with Gasteiger partial charge < -0.3 is 15.0 Å². The lowest BCUT2D eigenvalue weighted by Gasteiger charge is -2.31. The van der Waals surface area contributed by atoms with E-state index in [1.54, 1.807) is 7.11 Å². The predicted molar refractivity (Wildman–Crippen MR) is 89.1 cm³/mol. The van der Waals surface area contributed by atoms with Crippen molar-refractivity contribution in [1.82, 2.24) is 10.2 Å². The summed E-state index contributed by atoms with van der Waals surface area (Å²) in [5, 5.41) is 3.83. The number of nitrogens with one attached hydrogen (secondary N) is 1. The molecule has 0 aromatic heterocycles. The van der Waals surface area contributed by atoms with Crippen molar-refractivity contribution in [2.75, 3.05) is 26.7 Å². The van der Waals surface area contributed by atoms with E-state index in [9.17, 15) is 0 Å². The van der Waals surface area contributed by atoms with Crippen LogP contribution >= 0.6 is 0 Å². The van der Waals surface area contributed by atoms with Gasteiger partial charge in [0.2, 0.25) is 0 Å². The van der Waals surface area contributed by atoms with Crippen LogP contribution < -0.4 is 10.1 Å². The van der Waals surface area contributed by atoms with E-state index >= 15 is 0 Å². The van der Waals surface area contributed by atoms with Gasteiger partial charge in [0.05, 0.1) is 7.11 Å². The van der Waals surface area contributed by atoms with Crippen molar-refractivity contribution in [3.05, 3.63) is 29.3 Å². The Bertz CT molecular complexity index is 443. The zero-order valence-electron chi connectivity index (χ0n) is 14.0. The second-order valence-electron chi connectivity index (χ2n) is 6.06. The Hall–Kier alpha value is -1.06. The Kier molecular flexibility index (Phi) is 6.07. The van der Waals surface area contributed by atoms with Gasteiger partial charge in [0.1, 0.15) is 5.75 Å². The third-order valence-electron chi connectivity index (χ3n) is 4.58. The van der Waals surface area contributed by atoms with Crippen LogP contribution in [0.5, 0.6) is 5.75 Å². The highest BCUT2D eigenvalue weighted by atomic mass is 16.5. The van der Waals surface area contributed by atoms with Gasteiger partial charge in [0, 0.05) is 18.6 Å². The summed E-state index contributed by atoms with van der Waals surface area (Å²) in [5.41, 5.74) is 2.92. The summed E-state index contributed by atoms with van der Waals surface area (Å²) in [6.07, 6.45) is 3.67. The van der Waals surface area contributed by atoms with E-state index in [0.29, 0.717) is 12.1 Å². The quantitative estimate of drug-likeness (QED) is 0.833. The summed E-state index contributed by atoms with van der Waals surface area (Å²) in [6.45, 7) is 10.1. The highest BCUT2D eigenvalue weighted by molar-refractivity contribution is 5.39. The Balaban J connectivity index is 2.02. The molecule has 118 valence electrons. The Morgan fingerprint density at radius 1 is 1.33 bits per heavy atom. The summed E-state index contributed by atoms with van der Waals surface area (Å²) in [6, 6.07) is 7.55. The van der Waals surface area contributed by atoms with Crippen LogP contribution in [0.1, 0.15) is 50.8 Å². The second-order valence-corrected chi connectivity index (χ2v) is 6.06. The van der Waals surface area contributed by atoms with E-state index < -0.39 is 0 Å². The van der Waals surface area contributed by atoms with Gasteiger partial charge in [-0.3, -0.25) is 0 Å². The molecule has 0 saturated carbocycles. The maximum atomic E-state index is 5.35. The van der Waals surface area contributed by atoms with Crippen molar-refractivity contribution in [3.63, 3.8) is 0 Å². The number of hydrogen-bond donors (Lipinski definition) is 1. The molecule has 1 aliphatic rings. The van der Waals surface area contributed by atoms with E-state index in [1.165, 1.54) is 30.4 Å². The molecule has 1 aliphatic carbocycles. The maximum absolute atomic E-state index is 5.35. The van der Waals surface area contributed by atoms with Gasteiger partial charge in [-0.25, -0.2) is 0 Å². The first-order valence-electron chi connectivity index (χ1n) is 8.33. The number of benzene rings is 1. The van der Waals surface area contributed by atoms with Gasteiger partial charge in [0.15, 0.2) is 0 Å². The molecule has 2 rings (SSSR count). The fraction of sp³-hybridized carbons (Fsp3) is 0.667. The highest BCUT2D eigenvalue weighted by Crippen LogP contribution is 2.32. The van der Waals surface area contributed by atoms with Crippen LogP contribution in [0.25, 0.3) is 0 Å². The molecule has 0 radical (unpaired) electrons. The van der Waals surface area contributed by atoms with Crippen LogP contribution in [0.15, 0.2) is 18.2 Å². The second kappa shape index (κ2) is 7.81. The molecule has 2 atom stereocenters. The van der Waals surface area contributed by atoms with Crippen molar-refractivity contribution in [3.8, 4) is 5.75 Å². The van der Waals surface area contributed by atoms with Gasteiger partial charge in [-0.15, -0.1) is 0 Å². The summed E-state index contributed by atoms with van der Waals surface area (Å²) in [5.74, 6) is 0.977. The Labute approximate surface area is 129 Å². The summed E-state index contributed by atoms with van der Waals surface area (Å²) < 4.78 is 5.35. The summed E-state index contributed by atoms with van der Waals surface area (Å²) in [7, 11) is 1.74. The van der Waals surface area contributed by atoms with Crippen molar-refractivity contribution in [2.45, 2.75) is 52.1 Å². The number of ether oxygens (including phenoxy) is 1. The molecule has 3 heteroatoms. The SMILES string of the molecule is CCN(CC)CC(C)NC1CCCc2cc(OC)ccc21. The number of rotatable bonds is 7. The molecule has 21 heavy (non-hydrogen) atoms. The Morgan fingerprint density at radius 3 is 2.76 bits per heavy atom. The number of aryl methyl sites for hydroxylation is 1. The molecule has 0 spiro atoms. The number of hydrogen-bond acceptors (Lipinski definition) is 3. The Morgan fingerprint density at radius 2 is 2.10 bits per heavy atom. The van der Waals surface area contributed by atoms with Crippen LogP contribution in [-0.4, -0.2) is 37.7 Å². The fourth-order valence-corrected chi connectivity index (χ4v) is 3.36. The molecule has 0 fully saturated rings. The van der Waals surface area contributed by atoms with E-state index in [0.717, 1.165) is 25.4 Å². The van der Waals surface area contributed by atoms with Crippen molar-refractivity contribution < 1.29 is 4.74 Å². The number of fused-ring (bicyclic) bond motifs is 1. The maximum Gasteiger partial charge on any atom is 0.119 e. The molecule has 3 nitrogen and oxygen atoms in total. The first kappa shape index (κ1) is 16.3. The average Bonchev–Trinajstić information content (AvgIpc) is 2.52. The predicted octanol–water partition coefficient (Wildman–Crippen LogP) is 3.39. The molecule has 0 amide bonds. The lowest BCUT2D eigenvalue weighted by atomic mass is 9.87. The number of methoxy groups -OCH3 is 1. The first-order valence-corrected chi connectivity index (χ1v) is 8.33. The molecule has 0 heterocycles. The first-order chi connectivity index (χ1) is 10.2. The molecule has 1 aromatic rings. The molecule has 1 N–H and O–H groups in total. The number of nitrogens with zero attached hydrogens (tertiary/aromatic N) is 1. The zero-order chi connectivity index (χ0) is 15.2.